The molecular formula is C26H19ClF4N4O2. The van der Waals surface area contributed by atoms with Crippen LogP contribution in [0.5, 0.6) is 11.5 Å². The molecule has 1 aromatic heterocycles. The minimum atomic E-state index is -4.73. The van der Waals surface area contributed by atoms with Crippen molar-refractivity contribution in [1.29, 1.82) is 0 Å². The van der Waals surface area contributed by atoms with Gasteiger partial charge < -0.3 is 15.0 Å². The summed E-state index contributed by atoms with van der Waals surface area (Å²) in [5.41, 5.74) is -0.371. The Morgan fingerprint density at radius 3 is 2.43 bits per heavy atom. The van der Waals surface area contributed by atoms with E-state index in [0.717, 1.165) is 49.9 Å². The molecule has 1 fully saturated rings. The number of aromatic nitrogens is 2. The van der Waals surface area contributed by atoms with Crippen LogP contribution in [0.25, 0.3) is 11.0 Å². The molecule has 1 aliphatic rings. The highest BCUT2D eigenvalue weighted by molar-refractivity contribution is 6.31. The van der Waals surface area contributed by atoms with Gasteiger partial charge in [-0.25, -0.2) is 9.37 Å². The van der Waals surface area contributed by atoms with Gasteiger partial charge in [0.1, 0.15) is 23.1 Å². The first-order chi connectivity index (χ1) is 17.7. The van der Waals surface area contributed by atoms with Crippen LogP contribution in [0, 0.1) is 5.82 Å². The number of carbonyl (C=O) groups excluding carboxylic acids is 1. The van der Waals surface area contributed by atoms with Gasteiger partial charge in [0.25, 0.3) is 5.91 Å². The molecule has 11 heteroatoms. The van der Waals surface area contributed by atoms with Crippen molar-refractivity contribution in [2.24, 2.45) is 0 Å². The fraction of sp³-hybridized carbons (Fsp3) is 0.192. The largest absolute Gasteiger partial charge is 0.457 e. The van der Waals surface area contributed by atoms with Crippen LogP contribution in [-0.2, 0) is 6.18 Å². The van der Waals surface area contributed by atoms with Gasteiger partial charge in [-0.05, 0) is 55.3 Å². The molecule has 0 spiro atoms. The van der Waals surface area contributed by atoms with E-state index in [9.17, 15) is 22.4 Å². The second-order valence-electron chi connectivity index (χ2n) is 8.46. The van der Waals surface area contributed by atoms with E-state index in [1.54, 1.807) is 24.4 Å². The summed E-state index contributed by atoms with van der Waals surface area (Å²) < 4.78 is 59.7. The number of benzene rings is 3. The molecule has 0 aliphatic carbocycles. The number of fused-ring (bicyclic) bond motifs is 1. The van der Waals surface area contributed by atoms with Gasteiger partial charge in [-0.2, -0.15) is 13.2 Å². The molecule has 190 valence electrons. The van der Waals surface area contributed by atoms with Crippen molar-refractivity contribution in [3.63, 3.8) is 0 Å². The van der Waals surface area contributed by atoms with Gasteiger partial charge in [0, 0.05) is 30.8 Å². The van der Waals surface area contributed by atoms with Crippen LogP contribution in [0.15, 0.2) is 60.8 Å². The zero-order chi connectivity index (χ0) is 26.2. The standard InChI is InChI=1S/C26H19ClF4N4O2/c27-19-6-3-15(11-18(19)26(29,30)31)25(36)34-21-7-4-16(12-20(21)28)37-17-5-8-22-23(13-17)33-24(14-32-22)35-9-1-2-10-35/h3-8,11-14H,1-2,9-10H2,(H,34,36). The lowest BCUT2D eigenvalue weighted by Crippen LogP contribution is -2.19. The highest BCUT2D eigenvalue weighted by Crippen LogP contribution is 2.35. The van der Waals surface area contributed by atoms with Crippen molar-refractivity contribution in [2.45, 2.75) is 19.0 Å². The summed E-state index contributed by atoms with van der Waals surface area (Å²) in [6.07, 6.45) is -0.773. The maximum Gasteiger partial charge on any atom is 0.417 e. The van der Waals surface area contributed by atoms with Crippen LogP contribution >= 0.6 is 11.6 Å². The Balaban J connectivity index is 1.31. The number of amides is 1. The molecule has 6 nitrogen and oxygen atoms in total. The number of hydrogen-bond donors (Lipinski definition) is 1. The van der Waals surface area contributed by atoms with Gasteiger partial charge >= 0.3 is 6.18 Å². The summed E-state index contributed by atoms with van der Waals surface area (Å²) in [7, 11) is 0. The lowest BCUT2D eigenvalue weighted by atomic mass is 10.1. The Kier molecular flexibility index (Phi) is 6.59. The number of rotatable bonds is 5. The summed E-state index contributed by atoms with van der Waals surface area (Å²) in [6, 6.07) is 11.6. The topological polar surface area (TPSA) is 67.3 Å². The van der Waals surface area contributed by atoms with E-state index in [2.05, 4.69) is 20.2 Å². The Morgan fingerprint density at radius 1 is 0.973 bits per heavy atom. The van der Waals surface area contributed by atoms with Crippen molar-refractivity contribution in [3.8, 4) is 11.5 Å². The van der Waals surface area contributed by atoms with Crippen molar-refractivity contribution in [1.82, 2.24) is 9.97 Å². The van der Waals surface area contributed by atoms with Crippen molar-refractivity contribution in [3.05, 3.63) is 82.8 Å². The molecule has 4 aromatic rings. The fourth-order valence-electron chi connectivity index (χ4n) is 4.02. The second kappa shape index (κ2) is 9.85. The van der Waals surface area contributed by atoms with Crippen LogP contribution < -0.4 is 15.0 Å². The van der Waals surface area contributed by atoms with Gasteiger partial charge in [0.05, 0.1) is 33.5 Å². The number of halogens is 5. The Labute approximate surface area is 213 Å². The molecule has 1 N–H and O–H groups in total. The molecule has 1 aliphatic heterocycles. The van der Waals surface area contributed by atoms with Crippen LogP contribution in [0.1, 0.15) is 28.8 Å². The van der Waals surface area contributed by atoms with E-state index in [1.807, 2.05) is 0 Å². The summed E-state index contributed by atoms with van der Waals surface area (Å²) in [5.74, 6) is -0.387. The van der Waals surface area contributed by atoms with Crippen molar-refractivity contribution in [2.75, 3.05) is 23.3 Å². The summed E-state index contributed by atoms with van der Waals surface area (Å²) in [5, 5.41) is 1.73. The third kappa shape index (κ3) is 5.43. The molecule has 3 aromatic carbocycles. The number of anilines is 2. The third-order valence-electron chi connectivity index (χ3n) is 5.89. The van der Waals surface area contributed by atoms with Crippen LogP contribution in [0.3, 0.4) is 0 Å². The molecule has 1 amide bonds. The van der Waals surface area contributed by atoms with Gasteiger partial charge in [-0.15, -0.1) is 0 Å². The van der Waals surface area contributed by atoms with Crippen LogP contribution in [0.2, 0.25) is 5.02 Å². The lowest BCUT2D eigenvalue weighted by molar-refractivity contribution is -0.137. The molecule has 5 rings (SSSR count). The normalized spacial score (nSPS) is 13.7. The van der Waals surface area contributed by atoms with Gasteiger partial charge in [-0.1, -0.05) is 11.6 Å². The molecule has 0 atom stereocenters. The maximum absolute atomic E-state index is 14.7. The SMILES string of the molecule is O=C(Nc1ccc(Oc2ccc3ncc(N4CCCC4)nc3c2)cc1F)c1ccc(Cl)c(C(F)(F)F)c1. The minimum Gasteiger partial charge on any atom is -0.457 e. The number of nitrogens with zero attached hydrogens (tertiary/aromatic N) is 3. The average Bonchev–Trinajstić information content (AvgIpc) is 3.40. The predicted octanol–water partition coefficient (Wildman–Crippen LogP) is 7.09. The fourth-order valence-corrected chi connectivity index (χ4v) is 4.24. The zero-order valence-corrected chi connectivity index (χ0v) is 19.9. The molecule has 1 saturated heterocycles. The molecule has 0 bridgehead atoms. The first-order valence-corrected chi connectivity index (χ1v) is 11.7. The molecular weight excluding hydrogens is 512 g/mol. The lowest BCUT2D eigenvalue weighted by Gasteiger charge is -2.16. The number of hydrogen-bond acceptors (Lipinski definition) is 5. The molecule has 0 unspecified atom stereocenters. The van der Waals surface area contributed by atoms with E-state index in [-0.39, 0.29) is 17.0 Å². The van der Waals surface area contributed by atoms with E-state index >= 15 is 0 Å². The highest BCUT2D eigenvalue weighted by atomic mass is 35.5. The minimum absolute atomic E-state index is 0.157. The van der Waals surface area contributed by atoms with Gasteiger partial charge in [0.15, 0.2) is 0 Å². The van der Waals surface area contributed by atoms with E-state index in [4.69, 9.17) is 16.3 Å². The zero-order valence-electron chi connectivity index (χ0n) is 19.1. The molecule has 2 heterocycles. The predicted molar refractivity (Wildman–Crippen MR) is 132 cm³/mol. The molecule has 0 radical (unpaired) electrons. The third-order valence-corrected chi connectivity index (χ3v) is 6.22. The first kappa shape index (κ1) is 24.8. The Hall–Kier alpha value is -3.92. The Morgan fingerprint density at radius 2 is 1.70 bits per heavy atom. The molecule has 0 saturated carbocycles. The van der Waals surface area contributed by atoms with E-state index in [1.165, 1.54) is 12.1 Å². The second-order valence-corrected chi connectivity index (χ2v) is 8.87. The van der Waals surface area contributed by atoms with Gasteiger partial charge in [0.2, 0.25) is 0 Å². The van der Waals surface area contributed by atoms with E-state index < -0.39 is 28.5 Å². The van der Waals surface area contributed by atoms with Crippen molar-refractivity contribution < 1.29 is 27.1 Å². The van der Waals surface area contributed by atoms with Crippen LogP contribution in [0.4, 0.5) is 29.1 Å². The summed E-state index contributed by atoms with van der Waals surface area (Å²) >= 11 is 5.59. The van der Waals surface area contributed by atoms with E-state index in [0.29, 0.717) is 22.8 Å². The van der Waals surface area contributed by atoms with Crippen LogP contribution in [-0.4, -0.2) is 29.0 Å². The van der Waals surface area contributed by atoms with Crippen molar-refractivity contribution >= 4 is 40.0 Å². The Bertz CT molecular complexity index is 1490. The smallest absolute Gasteiger partial charge is 0.417 e. The average molecular weight is 531 g/mol. The monoisotopic (exact) mass is 530 g/mol. The molecule has 37 heavy (non-hydrogen) atoms. The number of alkyl halides is 3. The first-order valence-electron chi connectivity index (χ1n) is 11.3. The summed E-state index contributed by atoms with van der Waals surface area (Å²) in [6.45, 7) is 1.86. The highest BCUT2D eigenvalue weighted by Gasteiger charge is 2.34. The summed E-state index contributed by atoms with van der Waals surface area (Å²) in [4.78, 5) is 23.7. The maximum atomic E-state index is 14.7. The number of nitrogens with one attached hydrogen (secondary N) is 1. The number of ether oxygens (including phenoxy) is 1. The number of carbonyl (C=O) groups is 1. The van der Waals surface area contributed by atoms with Gasteiger partial charge in [-0.3, -0.25) is 9.78 Å². The quantitative estimate of drug-likeness (QED) is 0.279.